The van der Waals surface area contributed by atoms with Gasteiger partial charge < -0.3 is 12.9 Å². The maximum atomic E-state index is 11.5. The molecule has 0 aliphatic carbocycles. The smallest absolute Gasteiger partial charge is 0.438 e. The summed E-state index contributed by atoms with van der Waals surface area (Å²) < 4.78 is 34.6. The van der Waals surface area contributed by atoms with Gasteiger partial charge in [0.2, 0.25) is 0 Å². The van der Waals surface area contributed by atoms with E-state index in [1.165, 1.54) is 5.82 Å². The van der Waals surface area contributed by atoms with Crippen LogP contribution in [0.5, 0.6) is 0 Å². The van der Waals surface area contributed by atoms with E-state index in [-0.39, 0.29) is 0 Å². The van der Waals surface area contributed by atoms with Gasteiger partial charge in [0.1, 0.15) is 0 Å². The van der Waals surface area contributed by atoms with Crippen molar-refractivity contribution in [2.75, 3.05) is 0 Å². The summed E-state index contributed by atoms with van der Waals surface area (Å²) in [6.07, 6.45) is 4.32. The predicted octanol–water partition coefficient (Wildman–Crippen LogP) is 3.35. The summed E-state index contributed by atoms with van der Waals surface area (Å²) in [5, 5.41) is 0. The molecule has 12 heavy (non-hydrogen) atoms. The molecule has 0 nitrogen and oxygen atoms in total. The summed E-state index contributed by atoms with van der Waals surface area (Å²) >= 11 is 0. The molecular formula is C8H13BF3-. The average Bonchev–Trinajstić information content (AvgIpc) is 1.94. The summed E-state index contributed by atoms with van der Waals surface area (Å²) in [6.45, 7) is -2.83. The Kier molecular flexibility index (Phi) is 5.70. The van der Waals surface area contributed by atoms with E-state index in [2.05, 4.69) is 12.8 Å². The van der Waals surface area contributed by atoms with Gasteiger partial charge in [-0.15, -0.1) is 5.92 Å². The molecule has 0 radical (unpaired) electrons. The first-order chi connectivity index (χ1) is 5.56. The maximum Gasteiger partial charge on any atom is 0.557 e. The van der Waals surface area contributed by atoms with Crippen molar-refractivity contribution in [1.29, 1.82) is 0 Å². The highest BCUT2D eigenvalue weighted by atomic mass is 19.4. The summed E-state index contributed by atoms with van der Waals surface area (Å²) in [4.78, 5) is 0. The average molecular weight is 177 g/mol. The third-order valence-electron chi connectivity index (χ3n) is 1.42. The molecule has 0 saturated heterocycles. The Hall–Kier alpha value is -0.585. The number of hydrogen-bond acceptors (Lipinski definition) is 0. The number of hydrogen-bond donors (Lipinski definition) is 0. The lowest BCUT2D eigenvalue weighted by molar-refractivity contribution is 0.503. The molecule has 0 atom stereocenters. The monoisotopic (exact) mass is 177 g/mol. The summed E-state index contributed by atoms with van der Waals surface area (Å²) in [5.74, 6) is 3.45. The molecule has 0 aromatic carbocycles. The van der Waals surface area contributed by atoms with Crippen LogP contribution in [0.4, 0.5) is 12.9 Å². The number of unbranched alkanes of at least 4 members (excludes halogenated alkanes) is 4. The number of rotatable bonds is 4. The Morgan fingerprint density at radius 2 is 1.75 bits per heavy atom. The summed E-state index contributed by atoms with van der Waals surface area (Å²) in [6, 6.07) is 0. The van der Waals surface area contributed by atoms with E-state index in [4.69, 9.17) is 0 Å². The molecule has 0 heterocycles. The van der Waals surface area contributed by atoms with Crippen molar-refractivity contribution < 1.29 is 12.9 Å². The molecule has 0 bridgehead atoms. The van der Waals surface area contributed by atoms with Crippen molar-refractivity contribution in [3.8, 4) is 11.7 Å². The minimum atomic E-state index is -4.89. The topological polar surface area (TPSA) is 0 Å². The Bertz CT molecular complexity index is 163. The molecule has 0 rings (SSSR count). The molecule has 0 amide bonds. The Labute approximate surface area is 71.6 Å². The molecule has 70 valence electrons. The van der Waals surface area contributed by atoms with E-state index in [9.17, 15) is 12.9 Å². The molecular weight excluding hydrogens is 164 g/mol. The second-order valence-corrected chi connectivity index (χ2v) is 2.71. The number of halogens is 3. The summed E-state index contributed by atoms with van der Waals surface area (Å²) in [5.41, 5.74) is 0. The molecule has 0 aliphatic heterocycles. The summed E-state index contributed by atoms with van der Waals surface area (Å²) in [7, 11) is 0. The first-order valence-electron chi connectivity index (χ1n) is 4.25. The molecule has 0 aliphatic rings. The van der Waals surface area contributed by atoms with Crippen molar-refractivity contribution >= 4 is 6.98 Å². The molecule has 4 heteroatoms. The first kappa shape index (κ1) is 11.4. The molecule has 0 spiro atoms. The quantitative estimate of drug-likeness (QED) is 0.351. The zero-order valence-electron chi connectivity index (χ0n) is 7.25. The van der Waals surface area contributed by atoms with E-state index in [0.717, 1.165) is 25.7 Å². The van der Waals surface area contributed by atoms with Gasteiger partial charge in [0.05, 0.1) is 0 Å². The molecule has 0 saturated carbocycles. The second kappa shape index (κ2) is 5.99. The molecule has 0 unspecified atom stereocenters. The van der Waals surface area contributed by atoms with E-state index in [1.807, 2.05) is 0 Å². The van der Waals surface area contributed by atoms with E-state index >= 15 is 0 Å². The molecule has 0 N–H and O–H groups in total. The highest BCUT2D eigenvalue weighted by molar-refractivity contribution is 6.67. The second-order valence-electron chi connectivity index (χ2n) is 2.71. The van der Waals surface area contributed by atoms with Crippen LogP contribution in [-0.2, 0) is 0 Å². The first-order valence-corrected chi connectivity index (χ1v) is 4.25. The van der Waals surface area contributed by atoms with Gasteiger partial charge in [-0.3, -0.25) is 0 Å². The minimum Gasteiger partial charge on any atom is -0.438 e. The Morgan fingerprint density at radius 1 is 1.08 bits per heavy atom. The van der Waals surface area contributed by atoms with Gasteiger partial charge in [-0.05, 0) is 6.42 Å². The van der Waals surface area contributed by atoms with Crippen molar-refractivity contribution in [2.24, 2.45) is 0 Å². The third-order valence-corrected chi connectivity index (χ3v) is 1.42. The molecule has 0 aromatic heterocycles. The van der Waals surface area contributed by atoms with Crippen LogP contribution in [0.2, 0.25) is 0 Å². The Balaban J connectivity index is 3.34. The van der Waals surface area contributed by atoms with Gasteiger partial charge >= 0.3 is 6.98 Å². The van der Waals surface area contributed by atoms with Gasteiger partial charge in [-0.25, -0.2) is 5.82 Å². The van der Waals surface area contributed by atoms with Crippen LogP contribution < -0.4 is 0 Å². The van der Waals surface area contributed by atoms with Crippen LogP contribution in [0.1, 0.15) is 39.0 Å². The molecule has 0 aromatic rings. The largest absolute Gasteiger partial charge is 0.557 e. The van der Waals surface area contributed by atoms with Crippen LogP contribution >= 0.6 is 0 Å². The van der Waals surface area contributed by atoms with Crippen LogP contribution in [0.25, 0.3) is 0 Å². The van der Waals surface area contributed by atoms with Gasteiger partial charge in [0.15, 0.2) is 0 Å². The van der Waals surface area contributed by atoms with Crippen molar-refractivity contribution in [3.05, 3.63) is 0 Å². The lowest BCUT2D eigenvalue weighted by atomic mass is 9.93. The lowest BCUT2D eigenvalue weighted by Gasteiger charge is -2.02. The van der Waals surface area contributed by atoms with Crippen LogP contribution in [-0.4, -0.2) is 6.98 Å². The van der Waals surface area contributed by atoms with E-state index in [1.54, 1.807) is 0 Å². The van der Waals surface area contributed by atoms with Crippen LogP contribution in [0, 0.1) is 11.7 Å². The van der Waals surface area contributed by atoms with Crippen molar-refractivity contribution in [2.45, 2.75) is 39.0 Å². The fourth-order valence-electron chi connectivity index (χ4n) is 0.828. The fraction of sp³-hybridized carbons (Fsp3) is 0.750. The van der Waals surface area contributed by atoms with Crippen molar-refractivity contribution in [1.82, 2.24) is 0 Å². The highest BCUT2D eigenvalue weighted by Crippen LogP contribution is 2.06. The minimum absolute atomic E-state index is 0.376. The van der Waals surface area contributed by atoms with Crippen LogP contribution in [0.15, 0.2) is 0 Å². The van der Waals surface area contributed by atoms with Gasteiger partial charge in [-0.1, -0.05) is 26.2 Å². The maximum absolute atomic E-state index is 11.5. The van der Waals surface area contributed by atoms with Gasteiger partial charge in [0, 0.05) is 6.42 Å². The Morgan fingerprint density at radius 3 is 2.25 bits per heavy atom. The van der Waals surface area contributed by atoms with E-state index in [0.29, 0.717) is 6.42 Å². The lowest BCUT2D eigenvalue weighted by Crippen LogP contribution is -2.10. The highest BCUT2D eigenvalue weighted by Gasteiger charge is 2.17. The van der Waals surface area contributed by atoms with Gasteiger partial charge in [0.25, 0.3) is 0 Å². The predicted molar refractivity (Wildman–Crippen MR) is 45.6 cm³/mol. The third kappa shape index (κ3) is 9.41. The molecule has 0 fully saturated rings. The fourth-order valence-corrected chi connectivity index (χ4v) is 0.828. The zero-order valence-corrected chi connectivity index (χ0v) is 7.25. The normalized spacial score (nSPS) is 10.7. The zero-order chi connectivity index (χ0) is 9.45. The van der Waals surface area contributed by atoms with Crippen LogP contribution in [0.3, 0.4) is 0 Å². The van der Waals surface area contributed by atoms with Gasteiger partial charge in [-0.2, -0.15) is 0 Å². The van der Waals surface area contributed by atoms with E-state index < -0.39 is 6.98 Å². The standard InChI is InChI=1S/C8H13BF3/c1-2-3-4-5-6-7-8-9(10,11)12/h2-6H2,1H3/q-1. The SMILES string of the molecule is CCCCCCC#C[B-](F)(F)F. The van der Waals surface area contributed by atoms with Crippen molar-refractivity contribution in [3.63, 3.8) is 0 Å².